The molecule has 1 aliphatic rings. The fourth-order valence-electron chi connectivity index (χ4n) is 4.56. The van der Waals surface area contributed by atoms with Gasteiger partial charge in [0.05, 0.1) is 11.2 Å². The van der Waals surface area contributed by atoms with Gasteiger partial charge in [-0.15, -0.1) is 5.10 Å². The fourth-order valence-corrected chi connectivity index (χ4v) is 4.76. The number of nitrogens with zero attached hydrogens (tertiary/aromatic N) is 7. The number of hydrogen-bond acceptors (Lipinski definition) is 8. The van der Waals surface area contributed by atoms with Crippen molar-refractivity contribution in [3.8, 4) is 11.4 Å². The van der Waals surface area contributed by atoms with Crippen LogP contribution in [0.25, 0.3) is 11.4 Å². The molecule has 2 aromatic heterocycles. The van der Waals surface area contributed by atoms with Gasteiger partial charge >= 0.3 is 0 Å². The van der Waals surface area contributed by atoms with Crippen LogP contribution in [0.15, 0.2) is 24.4 Å². The molecule has 0 amide bonds. The minimum absolute atomic E-state index is 0.0294. The van der Waals surface area contributed by atoms with Gasteiger partial charge in [0.1, 0.15) is 0 Å². The molecule has 0 unspecified atom stereocenters. The van der Waals surface area contributed by atoms with E-state index in [-0.39, 0.29) is 28.9 Å². The smallest absolute Gasteiger partial charge is 0.229 e. The van der Waals surface area contributed by atoms with Gasteiger partial charge in [-0.25, -0.2) is 14.1 Å². The maximum atomic E-state index is 14.6. The first-order valence-electron chi connectivity index (χ1n) is 10.8. The molecule has 0 spiro atoms. The summed E-state index contributed by atoms with van der Waals surface area (Å²) >= 11 is 6.34. The lowest BCUT2D eigenvalue weighted by Gasteiger charge is -2.53. The number of anilines is 3. The molecular formula is C22H29ClFN9. The first-order chi connectivity index (χ1) is 15.5. The first-order valence-corrected chi connectivity index (χ1v) is 11.2. The van der Waals surface area contributed by atoms with Crippen LogP contribution in [-0.4, -0.2) is 59.2 Å². The third kappa shape index (κ3) is 4.77. The maximum Gasteiger partial charge on any atom is 0.229 e. The second-order valence-corrected chi connectivity index (χ2v) is 10.2. The van der Waals surface area contributed by atoms with Crippen molar-refractivity contribution in [3.63, 3.8) is 0 Å². The number of halogens is 2. The third-order valence-electron chi connectivity index (χ3n) is 6.48. The Balaban J connectivity index is 1.56. The van der Waals surface area contributed by atoms with E-state index in [9.17, 15) is 4.39 Å². The van der Waals surface area contributed by atoms with Gasteiger partial charge in [0.25, 0.3) is 0 Å². The molecule has 1 fully saturated rings. The van der Waals surface area contributed by atoms with Crippen LogP contribution in [0.3, 0.4) is 0 Å². The lowest BCUT2D eigenvalue weighted by Crippen LogP contribution is -2.61. The second kappa shape index (κ2) is 8.49. The van der Waals surface area contributed by atoms with Crippen molar-refractivity contribution in [2.75, 3.05) is 17.7 Å². The fraction of sp³-hybridized carbons (Fsp3) is 0.500. The molecule has 9 nitrogen and oxygen atoms in total. The molecule has 0 atom stereocenters. The highest BCUT2D eigenvalue weighted by Gasteiger charge is 2.43. The minimum Gasteiger partial charge on any atom is -0.365 e. The van der Waals surface area contributed by atoms with Gasteiger partial charge in [0, 0.05) is 35.4 Å². The standard InChI is InChI=1S/C22H29ClFN9/c1-21(2)10-14(11-22(3,4)33(21)6)26-18-17(24)12-25-20(28-18)27-13-7-8-16(23)15(9-13)19-29-30-31-32(19)5/h7-9,12,14H,10-11H2,1-6H3,(H2,25,26,27,28). The van der Waals surface area contributed by atoms with E-state index in [0.717, 1.165) is 12.8 Å². The van der Waals surface area contributed by atoms with Gasteiger partial charge in [-0.05, 0) is 76.2 Å². The lowest BCUT2D eigenvalue weighted by molar-refractivity contribution is -0.00778. The molecule has 3 heterocycles. The van der Waals surface area contributed by atoms with Crippen molar-refractivity contribution in [1.82, 2.24) is 35.1 Å². The molecule has 1 aromatic carbocycles. The summed E-state index contributed by atoms with van der Waals surface area (Å²) in [5, 5.41) is 18.5. The van der Waals surface area contributed by atoms with Gasteiger partial charge in [-0.2, -0.15) is 4.98 Å². The van der Waals surface area contributed by atoms with Crippen molar-refractivity contribution in [1.29, 1.82) is 0 Å². The van der Waals surface area contributed by atoms with Crippen molar-refractivity contribution in [2.45, 2.75) is 57.7 Å². The first kappa shape index (κ1) is 23.3. The summed E-state index contributed by atoms with van der Waals surface area (Å²) in [6.45, 7) is 8.82. The molecule has 0 radical (unpaired) electrons. The second-order valence-electron chi connectivity index (χ2n) is 9.77. The van der Waals surface area contributed by atoms with E-state index in [2.05, 4.69) is 75.8 Å². The number of rotatable bonds is 5. The molecule has 0 saturated carbocycles. The van der Waals surface area contributed by atoms with E-state index < -0.39 is 5.82 Å². The normalized spacial score (nSPS) is 18.3. The van der Waals surface area contributed by atoms with E-state index >= 15 is 0 Å². The molecule has 176 valence electrons. The zero-order valence-electron chi connectivity index (χ0n) is 19.7. The molecular weight excluding hydrogens is 445 g/mol. The van der Waals surface area contributed by atoms with Gasteiger partial charge < -0.3 is 10.6 Å². The summed E-state index contributed by atoms with van der Waals surface area (Å²) in [5.41, 5.74) is 1.28. The largest absolute Gasteiger partial charge is 0.365 e. The van der Waals surface area contributed by atoms with Gasteiger partial charge in [0.2, 0.25) is 5.95 Å². The molecule has 33 heavy (non-hydrogen) atoms. The number of hydrogen-bond donors (Lipinski definition) is 2. The summed E-state index contributed by atoms with van der Waals surface area (Å²) in [7, 11) is 3.87. The summed E-state index contributed by atoms with van der Waals surface area (Å²) < 4.78 is 16.1. The van der Waals surface area contributed by atoms with Crippen molar-refractivity contribution >= 4 is 29.1 Å². The van der Waals surface area contributed by atoms with Crippen molar-refractivity contribution in [2.24, 2.45) is 7.05 Å². The molecule has 0 aliphatic carbocycles. The monoisotopic (exact) mass is 473 g/mol. The van der Waals surface area contributed by atoms with Crippen molar-refractivity contribution in [3.05, 3.63) is 35.2 Å². The molecule has 4 rings (SSSR count). The summed E-state index contributed by atoms with van der Waals surface area (Å²) in [6.07, 6.45) is 2.91. The lowest BCUT2D eigenvalue weighted by atomic mass is 9.77. The Morgan fingerprint density at radius 2 is 1.82 bits per heavy atom. The SMILES string of the molecule is CN1C(C)(C)CC(Nc2nc(Nc3ccc(Cl)c(-c4nnnn4C)c3)ncc2F)CC1(C)C. The van der Waals surface area contributed by atoms with Crippen LogP contribution in [0.2, 0.25) is 5.02 Å². The molecule has 1 aliphatic heterocycles. The number of tetrazole rings is 1. The summed E-state index contributed by atoms with van der Waals surface area (Å²) in [5.74, 6) is 0.491. The van der Waals surface area contributed by atoms with Crippen LogP contribution >= 0.6 is 11.6 Å². The zero-order valence-corrected chi connectivity index (χ0v) is 20.4. The topological polar surface area (TPSA) is 96.7 Å². The van der Waals surface area contributed by atoms with E-state index in [1.165, 1.54) is 10.9 Å². The number of aryl methyl sites for hydroxylation is 1. The van der Waals surface area contributed by atoms with Gasteiger partial charge in [-0.1, -0.05) is 11.6 Å². The van der Waals surface area contributed by atoms with Gasteiger partial charge in [0.15, 0.2) is 17.5 Å². The van der Waals surface area contributed by atoms with Crippen LogP contribution in [0, 0.1) is 5.82 Å². The van der Waals surface area contributed by atoms with Crippen LogP contribution in [0.4, 0.5) is 21.8 Å². The maximum absolute atomic E-state index is 14.6. The van der Waals surface area contributed by atoms with E-state index in [1.807, 2.05) is 0 Å². The number of likely N-dealkylation sites (tertiary alicyclic amines) is 1. The molecule has 2 N–H and O–H groups in total. The van der Waals surface area contributed by atoms with Crippen molar-refractivity contribution < 1.29 is 4.39 Å². The Bertz CT molecular complexity index is 1140. The van der Waals surface area contributed by atoms with Gasteiger partial charge in [-0.3, -0.25) is 4.90 Å². The zero-order chi connectivity index (χ0) is 24.0. The summed E-state index contributed by atoms with van der Waals surface area (Å²) in [4.78, 5) is 10.9. The quantitative estimate of drug-likeness (QED) is 0.567. The average Bonchev–Trinajstić information content (AvgIpc) is 3.15. The number of nitrogens with one attached hydrogen (secondary N) is 2. The Kier molecular flexibility index (Phi) is 6.00. The predicted molar refractivity (Wildman–Crippen MR) is 127 cm³/mol. The van der Waals surface area contributed by atoms with Crippen LogP contribution in [0.5, 0.6) is 0 Å². The minimum atomic E-state index is -0.489. The molecule has 11 heteroatoms. The molecule has 3 aromatic rings. The van der Waals surface area contributed by atoms with E-state index in [1.54, 1.807) is 25.2 Å². The Morgan fingerprint density at radius 3 is 2.45 bits per heavy atom. The number of piperidine rings is 1. The van der Waals surface area contributed by atoms with Crippen LogP contribution in [0.1, 0.15) is 40.5 Å². The highest BCUT2D eigenvalue weighted by atomic mass is 35.5. The van der Waals surface area contributed by atoms with Crippen LogP contribution < -0.4 is 10.6 Å². The predicted octanol–water partition coefficient (Wildman–Crippen LogP) is 4.27. The van der Waals surface area contributed by atoms with Crippen LogP contribution in [-0.2, 0) is 7.05 Å². The average molecular weight is 474 g/mol. The summed E-state index contributed by atoms with van der Waals surface area (Å²) in [6, 6.07) is 5.40. The number of benzene rings is 1. The van der Waals surface area contributed by atoms with E-state index in [0.29, 0.717) is 22.1 Å². The number of aromatic nitrogens is 6. The third-order valence-corrected chi connectivity index (χ3v) is 6.81. The Labute approximate surface area is 197 Å². The highest BCUT2D eigenvalue weighted by molar-refractivity contribution is 6.33. The highest BCUT2D eigenvalue weighted by Crippen LogP contribution is 2.38. The van der Waals surface area contributed by atoms with E-state index in [4.69, 9.17) is 11.6 Å². The Hall–Kier alpha value is -2.85. The molecule has 0 bridgehead atoms. The molecule has 1 saturated heterocycles. The Morgan fingerprint density at radius 1 is 1.12 bits per heavy atom.